The Hall–Kier alpha value is -2.04. The first kappa shape index (κ1) is 21.0. The molecule has 0 saturated heterocycles. The van der Waals surface area contributed by atoms with Crippen LogP contribution in [0, 0.1) is 11.8 Å². The van der Waals surface area contributed by atoms with E-state index in [1.54, 1.807) is 11.9 Å². The van der Waals surface area contributed by atoms with Crippen molar-refractivity contribution in [1.29, 1.82) is 0 Å². The van der Waals surface area contributed by atoms with Gasteiger partial charge in [-0.15, -0.1) is 0 Å². The molecule has 1 aromatic rings. The van der Waals surface area contributed by atoms with Crippen LogP contribution in [0.25, 0.3) is 0 Å². The number of rotatable bonds is 7. The van der Waals surface area contributed by atoms with Crippen LogP contribution in [0.5, 0.6) is 0 Å². The molecule has 140 valence electrons. The summed E-state index contributed by atoms with van der Waals surface area (Å²) in [6.45, 7) is 10.7. The molecule has 25 heavy (non-hydrogen) atoms. The summed E-state index contributed by atoms with van der Waals surface area (Å²) in [5.74, 6) is 0.330. The molecule has 5 nitrogen and oxygen atoms in total. The van der Waals surface area contributed by atoms with Gasteiger partial charge in [-0.2, -0.15) is 0 Å². The average molecular weight is 348 g/mol. The number of benzene rings is 1. The normalized spacial score (nSPS) is 12.6. The van der Waals surface area contributed by atoms with Crippen molar-refractivity contribution in [3.63, 3.8) is 0 Å². The standard InChI is InChI=1S/C20H32N2O3/c1-15(2)17(12-18(23)21-6)14-22(19(24)25-20(3,4)5)13-16-10-8-7-9-11-16/h7-11,15,17H,12-14H2,1-6H3,(H,21,23). The zero-order valence-corrected chi connectivity index (χ0v) is 16.3. The van der Waals surface area contributed by atoms with Crippen LogP contribution < -0.4 is 5.32 Å². The molecule has 0 aliphatic heterocycles. The topological polar surface area (TPSA) is 58.6 Å². The zero-order valence-electron chi connectivity index (χ0n) is 16.3. The molecule has 0 heterocycles. The predicted octanol–water partition coefficient (Wildman–Crippen LogP) is 3.83. The summed E-state index contributed by atoms with van der Waals surface area (Å²) in [5, 5.41) is 2.67. The van der Waals surface area contributed by atoms with Gasteiger partial charge in [0.1, 0.15) is 5.60 Å². The van der Waals surface area contributed by atoms with E-state index in [9.17, 15) is 9.59 Å². The van der Waals surface area contributed by atoms with E-state index >= 15 is 0 Å². The first-order valence-electron chi connectivity index (χ1n) is 8.84. The van der Waals surface area contributed by atoms with Gasteiger partial charge in [-0.25, -0.2) is 4.79 Å². The number of carbonyl (C=O) groups excluding carboxylic acids is 2. The highest BCUT2D eigenvalue weighted by Gasteiger charge is 2.27. The smallest absolute Gasteiger partial charge is 0.410 e. The zero-order chi connectivity index (χ0) is 19.0. The Morgan fingerprint density at radius 3 is 2.24 bits per heavy atom. The Kier molecular flexibility index (Phi) is 7.94. The molecule has 0 spiro atoms. The minimum Gasteiger partial charge on any atom is -0.444 e. The molecule has 0 bridgehead atoms. The number of nitrogens with zero attached hydrogens (tertiary/aromatic N) is 1. The Morgan fingerprint density at radius 2 is 1.76 bits per heavy atom. The molecule has 1 unspecified atom stereocenters. The van der Waals surface area contributed by atoms with Crippen LogP contribution in [0.1, 0.15) is 46.6 Å². The summed E-state index contributed by atoms with van der Waals surface area (Å²) >= 11 is 0. The van der Waals surface area contributed by atoms with E-state index in [1.165, 1.54) is 0 Å². The second-order valence-corrected chi connectivity index (χ2v) is 7.73. The lowest BCUT2D eigenvalue weighted by Crippen LogP contribution is -2.41. The molecule has 1 rings (SSSR count). The number of hydrogen-bond donors (Lipinski definition) is 1. The summed E-state index contributed by atoms with van der Waals surface area (Å²) in [6, 6.07) is 9.82. The molecule has 0 aliphatic rings. The lowest BCUT2D eigenvalue weighted by Gasteiger charge is -2.31. The Morgan fingerprint density at radius 1 is 1.16 bits per heavy atom. The average Bonchev–Trinajstić information content (AvgIpc) is 2.52. The maximum Gasteiger partial charge on any atom is 0.410 e. The number of carbonyl (C=O) groups is 2. The van der Waals surface area contributed by atoms with Gasteiger partial charge < -0.3 is 15.0 Å². The SMILES string of the molecule is CNC(=O)CC(CN(Cc1ccccc1)C(=O)OC(C)(C)C)C(C)C. The number of ether oxygens (including phenoxy) is 1. The predicted molar refractivity (Wildman–Crippen MR) is 100 cm³/mol. The van der Waals surface area contributed by atoms with E-state index in [0.717, 1.165) is 5.56 Å². The van der Waals surface area contributed by atoms with Crippen molar-refractivity contribution in [2.45, 2.75) is 53.2 Å². The molecule has 5 heteroatoms. The van der Waals surface area contributed by atoms with Crippen LogP contribution in [0.15, 0.2) is 30.3 Å². The van der Waals surface area contributed by atoms with Crippen LogP contribution >= 0.6 is 0 Å². The minimum absolute atomic E-state index is 0.0115. The molecule has 0 saturated carbocycles. The van der Waals surface area contributed by atoms with Crippen molar-refractivity contribution >= 4 is 12.0 Å². The summed E-state index contributed by atoms with van der Waals surface area (Å²) in [6.07, 6.45) is 0.0429. The van der Waals surface area contributed by atoms with E-state index in [2.05, 4.69) is 19.2 Å². The molecule has 1 N–H and O–H groups in total. The van der Waals surface area contributed by atoms with Crippen LogP contribution in [0.4, 0.5) is 4.79 Å². The Balaban J connectivity index is 2.95. The fraction of sp³-hybridized carbons (Fsp3) is 0.600. The van der Waals surface area contributed by atoms with Gasteiger partial charge >= 0.3 is 6.09 Å². The fourth-order valence-corrected chi connectivity index (χ4v) is 2.47. The third kappa shape index (κ3) is 8.05. The van der Waals surface area contributed by atoms with Crippen molar-refractivity contribution in [1.82, 2.24) is 10.2 Å². The third-order valence-corrected chi connectivity index (χ3v) is 3.99. The molecule has 1 atom stereocenters. The second-order valence-electron chi connectivity index (χ2n) is 7.73. The molecule has 0 fully saturated rings. The highest BCUT2D eigenvalue weighted by Crippen LogP contribution is 2.20. The van der Waals surface area contributed by atoms with Crippen molar-refractivity contribution in [3.05, 3.63) is 35.9 Å². The van der Waals surface area contributed by atoms with E-state index in [-0.39, 0.29) is 23.8 Å². The first-order valence-corrected chi connectivity index (χ1v) is 8.84. The van der Waals surface area contributed by atoms with Gasteiger partial charge in [0.15, 0.2) is 0 Å². The maximum atomic E-state index is 12.7. The molecule has 1 aromatic carbocycles. The quantitative estimate of drug-likeness (QED) is 0.814. The van der Waals surface area contributed by atoms with Crippen LogP contribution in [-0.2, 0) is 16.1 Å². The molecule has 2 amide bonds. The van der Waals surface area contributed by atoms with Crippen LogP contribution in [-0.4, -0.2) is 36.1 Å². The monoisotopic (exact) mass is 348 g/mol. The van der Waals surface area contributed by atoms with Crippen LogP contribution in [0.2, 0.25) is 0 Å². The highest BCUT2D eigenvalue weighted by molar-refractivity contribution is 5.76. The van der Waals surface area contributed by atoms with Gasteiger partial charge in [0.2, 0.25) is 5.91 Å². The van der Waals surface area contributed by atoms with E-state index in [1.807, 2.05) is 51.1 Å². The van der Waals surface area contributed by atoms with Crippen LogP contribution in [0.3, 0.4) is 0 Å². The van der Waals surface area contributed by atoms with E-state index < -0.39 is 5.60 Å². The van der Waals surface area contributed by atoms with Crippen molar-refractivity contribution in [3.8, 4) is 0 Å². The number of amides is 2. The summed E-state index contributed by atoms with van der Waals surface area (Å²) in [4.78, 5) is 26.2. The lowest BCUT2D eigenvalue weighted by atomic mass is 9.91. The second kappa shape index (κ2) is 9.44. The Labute approximate surface area is 151 Å². The fourth-order valence-electron chi connectivity index (χ4n) is 2.47. The summed E-state index contributed by atoms with van der Waals surface area (Å²) in [5.41, 5.74) is 0.482. The van der Waals surface area contributed by atoms with Gasteiger partial charge in [0.05, 0.1) is 0 Å². The Bertz CT molecular complexity index is 550. The molecular formula is C20H32N2O3. The summed E-state index contributed by atoms with van der Waals surface area (Å²) < 4.78 is 5.57. The first-order chi connectivity index (χ1) is 11.6. The minimum atomic E-state index is -0.555. The van der Waals surface area contributed by atoms with Crippen molar-refractivity contribution in [2.75, 3.05) is 13.6 Å². The van der Waals surface area contributed by atoms with Crippen molar-refractivity contribution in [2.24, 2.45) is 11.8 Å². The molecule has 0 aliphatic carbocycles. The molecule has 0 aromatic heterocycles. The number of nitrogens with one attached hydrogen (secondary N) is 1. The highest BCUT2D eigenvalue weighted by atomic mass is 16.6. The van der Waals surface area contributed by atoms with Gasteiger partial charge in [-0.05, 0) is 38.2 Å². The van der Waals surface area contributed by atoms with Crippen molar-refractivity contribution < 1.29 is 14.3 Å². The summed E-state index contributed by atoms with van der Waals surface area (Å²) in [7, 11) is 1.63. The van der Waals surface area contributed by atoms with Gasteiger partial charge in [0, 0.05) is 26.6 Å². The maximum absolute atomic E-state index is 12.7. The van der Waals surface area contributed by atoms with E-state index in [4.69, 9.17) is 4.74 Å². The van der Waals surface area contributed by atoms with E-state index in [0.29, 0.717) is 19.5 Å². The van der Waals surface area contributed by atoms with Gasteiger partial charge in [-0.1, -0.05) is 44.2 Å². The lowest BCUT2D eigenvalue weighted by molar-refractivity contribution is -0.122. The molecule has 0 radical (unpaired) electrons. The van der Waals surface area contributed by atoms with Gasteiger partial charge in [0.25, 0.3) is 0 Å². The number of hydrogen-bond acceptors (Lipinski definition) is 3. The van der Waals surface area contributed by atoms with Gasteiger partial charge in [-0.3, -0.25) is 4.79 Å². The largest absolute Gasteiger partial charge is 0.444 e. The third-order valence-electron chi connectivity index (χ3n) is 3.99. The molecular weight excluding hydrogens is 316 g/mol.